The lowest BCUT2D eigenvalue weighted by atomic mass is 9.94. The molecular formula is C25H38O11. The van der Waals surface area contributed by atoms with Crippen LogP contribution in [0, 0.1) is 0 Å². The molecule has 204 valence electrons. The van der Waals surface area contributed by atoms with Crippen molar-refractivity contribution in [1.82, 2.24) is 0 Å². The van der Waals surface area contributed by atoms with Crippen molar-refractivity contribution in [1.29, 1.82) is 0 Å². The van der Waals surface area contributed by atoms with E-state index >= 15 is 0 Å². The largest absolute Gasteiger partial charge is 0.388 e. The SMILES string of the molecule is COC1(C)OC2C(C)OC(OCc3ccccc3)C(OC3OC(C)C(O)C(O)C3O)C2OC1(C)OC. The minimum Gasteiger partial charge on any atom is -0.388 e. The normalized spacial score (nSPS) is 47.4. The number of methoxy groups -OCH3 is 2. The van der Waals surface area contributed by atoms with E-state index in [4.69, 9.17) is 37.9 Å². The molecule has 0 aliphatic carbocycles. The Balaban J connectivity index is 1.63. The molecule has 12 unspecified atom stereocenters. The summed E-state index contributed by atoms with van der Waals surface area (Å²) in [7, 11) is 2.98. The summed E-state index contributed by atoms with van der Waals surface area (Å²) in [5.74, 6) is -2.60. The van der Waals surface area contributed by atoms with Crippen LogP contribution < -0.4 is 0 Å². The number of ether oxygens (including phenoxy) is 8. The summed E-state index contributed by atoms with van der Waals surface area (Å²) in [6, 6.07) is 9.56. The molecule has 1 aromatic rings. The van der Waals surface area contributed by atoms with Crippen molar-refractivity contribution in [2.24, 2.45) is 0 Å². The van der Waals surface area contributed by atoms with Gasteiger partial charge in [0.25, 0.3) is 0 Å². The molecule has 12 atom stereocenters. The van der Waals surface area contributed by atoms with Gasteiger partial charge in [-0.1, -0.05) is 30.3 Å². The van der Waals surface area contributed by atoms with Gasteiger partial charge in [0, 0.05) is 14.2 Å². The zero-order chi connectivity index (χ0) is 26.3. The first-order valence-electron chi connectivity index (χ1n) is 12.2. The molecule has 0 radical (unpaired) electrons. The van der Waals surface area contributed by atoms with Crippen LogP contribution in [0.4, 0.5) is 0 Å². The smallest absolute Gasteiger partial charge is 0.220 e. The number of hydrogen-bond acceptors (Lipinski definition) is 11. The Labute approximate surface area is 211 Å². The third-order valence-electron chi connectivity index (χ3n) is 7.41. The van der Waals surface area contributed by atoms with Crippen molar-refractivity contribution >= 4 is 0 Å². The Morgan fingerprint density at radius 3 is 1.97 bits per heavy atom. The molecule has 3 heterocycles. The van der Waals surface area contributed by atoms with Gasteiger partial charge >= 0.3 is 0 Å². The van der Waals surface area contributed by atoms with Crippen molar-refractivity contribution in [2.75, 3.05) is 14.2 Å². The van der Waals surface area contributed by atoms with Gasteiger partial charge in [-0.05, 0) is 33.3 Å². The van der Waals surface area contributed by atoms with E-state index in [-0.39, 0.29) is 6.61 Å². The Hall–Kier alpha value is -1.22. The molecule has 11 nitrogen and oxygen atoms in total. The average molecular weight is 515 g/mol. The van der Waals surface area contributed by atoms with E-state index in [9.17, 15) is 15.3 Å². The second-order valence-electron chi connectivity index (χ2n) is 9.75. The Morgan fingerprint density at radius 2 is 1.36 bits per heavy atom. The van der Waals surface area contributed by atoms with Crippen LogP contribution in [0.15, 0.2) is 30.3 Å². The first-order chi connectivity index (χ1) is 17.0. The summed E-state index contributed by atoms with van der Waals surface area (Å²) >= 11 is 0. The lowest BCUT2D eigenvalue weighted by Crippen LogP contribution is -2.73. The monoisotopic (exact) mass is 514 g/mol. The predicted octanol–water partition coefficient (Wildman–Crippen LogP) is 0.670. The van der Waals surface area contributed by atoms with Gasteiger partial charge < -0.3 is 53.2 Å². The number of fused-ring (bicyclic) bond motifs is 1. The highest BCUT2D eigenvalue weighted by Crippen LogP contribution is 2.45. The molecule has 1 aromatic carbocycles. The van der Waals surface area contributed by atoms with Crippen molar-refractivity contribution in [3.05, 3.63) is 35.9 Å². The van der Waals surface area contributed by atoms with Gasteiger partial charge in [0.05, 0.1) is 18.8 Å². The maximum Gasteiger partial charge on any atom is 0.220 e. The molecule has 3 saturated heterocycles. The van der Waals surface area contributed by atoms with Crippen LogP contribution in [0.1, 0.15) is 33.3 Å². The van der Waals surface area contributed by atoms with Gasteiger partial charge in [-0.25, -0.2) is 0 Å². The van der Waals surface area contributed by atoms with E-state index in [0.29, 0.717) is 0 Å². The topological polar surface area (TPSA) is 135 Å². The van der Waals surface area contributed by atoms with Crippen LogP contribution in [-0.2, 0) is 44.5 Å². The van der Waals surface area contributed by atoms with E-state index in [1.807, 2.05) is 37.3 Å². The maximum absolute atomic E-state index is 10.6. The predicted molar refractivity (Wildman–Crippen MR) is 123 cm³/mol. The average Bonchev–Trinajstić information content (AvgIpc) is 2.88. The number of benzene rings is 1. The standard InChI is InChI=1S/C25H38O11/c1-13-16(26)17(27)18(28)22(32-13)34-21-20-19(35-24(3,29-5)25(4,30-6)36-20)14(2)33-23(21)31-12-15-10-8-7-9-11-15/h7-11,13-14,16-23,26-28H,12H2,1-6H3. The summed E-state index contributed by atoms with van der Waals surface area (Å²) in [5.41, 5.74) is 0.922. The third-order valence-corrected chi connectivity index (χ3v) is 7.41. The lowest BCUT2D eigenvalue weighted by Gasteiger charge is -2.57. The van der Waals surface area contributed by atoms with Crippen molar-refractivity contribution in [2.45, 2.75) is 107 Å². The fraction of sp³-hybridized carbons (Fsp3) is 0.760. The molecule has 0 amide bonds. The molecule has 0 aromatic heterocycles. The van der Waals surface area contributed by atoms with Crippen molar-refractivity contribution < 1.29 is 53.2 Å². The zero-order valence-electron chi connectivity index (χ0n) is 21.5. The molecule has 0 bridgehead atoms. The van der Waals surface area contributed by atoms with Gasteiger partial charge in [-0.15, -0.1) is 0 Å². The van der Waals surface area contributed by atoms with E-state index in [2.05, 4.69) is 0 Å². The Bertz CT molecular complexity index is 858. The molecule has 4 rings (SSSR count). The van der Waals surface area contributed by atoms with Gasteiger partial charge in [-0.2, -0.15) is 0 Å². The summed E-state index contributed by atoms with van der Waals surface area (Å²) in [6.45, 7) is 7.03. The van der Waals surface area contributed by atoms with Crippen LogP contribution in [0.25, 0.3) is 0 Å². The molecular weight excluding hydrogens is 476 g/mol. The van der Waals surface area contributed by atoms with E-state index in [0.717, 1.165) is 5.56 Å². The molecule has 3 fully saturated rings. The minimum absolute atomic E-state index is 0.222. The fourth-order valence-corrected chi connectivity index (χ4v) is 4.78. The number of aliphatic hydroxyl groups excluding tert-OH is 3. The lowest BCUT2D eigenvalue weighted by molar-refractivity contribution is -0.485. The van der Waals surface area contributed by atoms with Crippen molar-refractivity contribution in [3.63, 3.8) is 0 Å². The van der Waals surface area contributed by atoms with Crippen LogP contribution in [-0.4, -0.2) is 103 Å². The van der Waals surface area contributed by atoms with E-state index < -0.39 is 73.0 Å². The van der Waals surface area contributed by atoms with Crippen molar-refractivity contribution in [3.8, 4) is 0 Å². The van der Waals surface area contributed by atoms with Crippen LogP contribution in [0.2, 0.25) is 0 Å². The molecule has 36 heavy (non-hydrogen) atoms. The summed E-state index contributed by atoms with van der Waals surface area (Å²) < 4.78 is 48.3. The highest BCUT2D eigenvalue weighted by molar-refractivity contribution is 5.13. The fourth-order valence-electron chi connectivity index (χ4n) is 4.78. The summed E-state index contributed by atoms with van der Waals surface area (Å²) in [5, 5.41) is 31.0. The third kappa shape index (κ3) is 5.07. The first-order valence-corrected chi connectivity index (χ1v) is 12.2. The Morgan fingerprint density at radius 1 is 0.778 bits per heavy atom. The second-order valence-corrected chi connectivity index (χ2v) is 9.75. The van der Waals surface area contributed by atoms with Crippen LogP contribution >= 0.6 is 0 Å². The molecule has 3 N–H and O–H groups in total. The number of rotatable bonds is 7. The zero-order valence-corrected chi connectivity index (χ0v) is 21.5. The van der Waals surface area contributed by atoms with E-state index in [1.165, 1.54) is 14.2 Å². The molecule has 11 heteroatoms. The molecule has 3 aliphatic rings. The summed E-state index contributed by atoms with van der Waals surface area (Å²) in [4.78, 5) is 0. The first kappa shape index (κ1) is 27.8. The van der Waals surface area contributed by atoms with Gasteiger partial charge in [-0.3, -0.25) is 0 Å². The van der Waals surface area contributed by atoms with Gasteiger partial charge in [0.2, 0.25) is 11.6 Å². The molecule has 0 spiro atoms. The number of aliphatic hydroxyl groups is 3. The van der Waals surface area contributed by atoms with E-state index in [1.54, 1.807) is 20.8 Å². The second kappa shape index (κ2) is 10.9. The number of hydrogen-bond donors (Lipinski definition) is 3. The Kier molecular flexibility index (Phi) is 8.40. The van der Waals surface area contributed by atoms with Crippen LogP contribution in [0.5, 0.6) is 0 Å². The van der Waals surface area contributed by atoms with Gasteiger partial charge in [0.15, 0.2) is 12.6 Å². The summed E-state index contributed by atoms with van der Waals surface area (Å²) in [6.07, 6.45) is -10.2. The highest BCUT2D eigenvalue weighted by Gasteiger charge is 2.63. The van der Waals surface area contributed by atoms with Gasteiger partial charge in [0.1, 0.15) is 36.6 Å². The quantitative estimate of drug-likeness (QED) is 0.474. The molecule has 0 saturated carbocycles. The highest BCUT2D eigenvalue weighted by atomic mass is 16.8. The minimum atomic E-state index is -1.52. The van der Waals surface area contributed by atoms with Crippen LogP contribution in [0.3, 0.4) is 0 Å². The maximum atomic E-state index is 10.6. The molecule has 3 aliphatic heterocycles.